The molecule has 0 aromatic rings. The van der Waals surface area contributed by atoms with Gasteiger partial charge in [-0.15, -0.1) is 24.0 Å². The third kappa shape index (κ3) is 10.1. The Balaban J connectivity index is 0.00000729. The fraction of sp³-hybridized carbons (Fsp3) is 0.952. The zero-order valence-electron chi connectivity index (χ0n) is 19.7. The summed E-state index contributed by atoms with van der Waals surface area (Å²) in [7, 11) is 2.21. The van der Waals surface area contributed by atoms with Gasteiger partial charge in [-0.25, -0.2) is 0 Å². The van der Waals surface area contributed by atoms with Crippen molar-refractivity contribution in [3.8, 4) is 0 Å². The van der Waals surface area contributed by atoms with Crippen LogP contribution >= 0.6 is 24.0 Å². The molecule has 28 heavy (non-hydrogen) atoms. The van der Waals surface area contributed by atoms with Gasteiger partial charge in [-0.2, -0.15) is 0 Å². The predicted octanol–water partition coefficient (Wildman–Crippen LogP) is 2.55. The van der Waals surface area contributed by atoms with Gasteiger partial charge in [0.15, 0.2) is 5.96 Å². The molecule has 0 saturated carbocycles. The zero-order valence-corrected chi connectivity index (χ0v) is 22.0. The fourth-order valence-electron chi connectivity index (χ4n) is 3.84. The van der Waals surface area contributed by atoms with Gasteiger partial charge in [0, 0.05) is 63.9 Å². The average Bonchev–Trinajstić information content (AvgIpc) is 2.59. The molecule has 0 aliphatic carbocycles. The van der Waals surface area contributed by atoms with Gasteiger partial charge < -0.3 is 15.5 Å². The molecule has 7 heteroatoms. The third-order valence-electron chi connectivity index (χ3n) is 5.55. The van der Waals surface area contributed by atoms with Crippen molar-refractivity contribution in [1.82, 2.24) is 25.3 Å². The number of piperazine rings is 1. The number of nitrogens with zero attached hydrogens (tertiary/aromatic N) is 4. The van der Waals surface area contributed by atoms with Crippen LogP contribution in [0, 0.1) is 5.92 Å². The Hall–Kier alpha value is -0.120. The van der Waals surface area contributed by atoms with E-state index in [0.717, 1.165) is 58.3 Å². The second-order valence-electron chi connectivity index (χ2n) is 8.72. The van der Waals surface area contributed by atoms with Gasteiger partial charge in [0.25, 0.3) is 0 Å². The first-order chi connectivity index (χ1) is 12.8. The van der Waals surface area contributed by atoms with E-state index in [9.17, 15) is 0 Å². The van der Waals surface area contributed by atoms with Crippen LogP contribution in [0.2, 0.25) is 0 Å². The minimum atomic E-state index is 0. The molecule has 2 N–H and O–H groups in total. The Morgan fingerprint density at radius 3 is 2.00 bits per heavy atom. The van der Waals surface area contributed by atoms with Crippen LogP contribution < -0.4 is 10.6 Å². The number of nitrogens with one attached hydrogen (secondary N) is 2. The Morgan fingerprint density at radius 2 is 1.54 bits per heavy atom. The van der Waals surface area contributed by atoms with E-state index in [2.05, 4.69) is 80.8 Å². The van der Waals surface area contributed by atoms with Gasteiger partial charge in [0.1, 0.15) is 0 Å². The van der Waals surface area contributed by atoms with Crippen molar-refractivity contribution in [3.63, 3.8) is 0 Å². The van der Waals surface area contributed by atoms with E-state index in [1.807, 2.05) is 0 Å². The molecule has 1 heterocycles. The maximum absolute atomic E-state index is 4.94. The third-order valence-corrected chi connectivity index (χ3v) is 5.55. The van der Waals surface area contributed by atoms with Crippen molar-refractivity contribution < 1.29 is 0 Å². The highest BCUT2D eigenvalue weighted by molar-refractivity contribution is 14.0. The second kappa shape index (κ2) is 14.8. The Labute approximate surface area is 191 Å². The van der Waals surface area contributed by atoms with E-state index in [1.165, 1.54) is 0 Å². The lowest BCUT2D eigenvalue weighted by Crippen LogP contribution is -2.52. The minimum absolute atomic E-state index is 0. The van der Waals surface area contributed by atoms with Gasteiger partial charge in [-0.1, -0.05) is 13.8 Å². The molecule has 0 bridgehead atoms. The van der Waals surface area contributed by atoms with Crippen LogP contribution in [0.15, 0.2) is 4.99 Å². The lowest BCUT2D eigenvalue weighted by molar-refractivity contribution is 0.0925. The van der Waals surface area contributed by atoms with Crippen LogP contribution in [-0.4, -0.2) is 98.2 Å². The Bertz CT molecular complexity index is 411. The molecule has 1 fully saturated rings. The van der Waals surface area contributed by atoms with Gasteiger partial charge in [0.05, 0.1) is 6.54 Å². The minimum Gasteiger partial charge on any atom is -0.357 e. The molecular formula is C21H47IN6. The summed E-state index contributed by atoms with van der Waals surface area (Å²) in [6.07, 6.45) is 0. The standard InChI is InChI=1S/C21H46N6.HI/c1-9-22-21(23-10-11-27(18(4)5)19(6)7)24-16-20(17(2)3)26-14-12-25(8)13-15-26;/h17-20H,9-16H2,1-8H3,(H2,22,23,24);1H. The van der Waals surface area contributed by atoms with Crippen molar-refractivity contribution >= 4 is 29.9 Å². The van der Waals surface area contributed by atoms with E-state index >= 15 is 0 Å². The first-order valence-electron chi connectivity index (χ1n) is 11.0. The van der Waals surface area contributed by atoms with Crippen molar-refractivity contribution in [3.05, 3.63) is 0 Å². The van der Waals surface area contributed by atoms with E-state index in [0.29, 0.717) is 24.0 Å². The number of halogens is 1. The molecule has 0 spiro atoms. The summed E-state index contributed by atoms with van der Waals surface area (Å²) in [5.41, 5.74) is 0. The van der Waals surface area contributed by atoms with Crippen LogP contribution in [-0.2, 0) is 0 Å². The van der Waals surface area contributed by atoms with Crippen LogP contribution in [0.3, 0.4) is 0 Å². The molecule has 0 radical (unpaired) electrons. The molecule has 1 saturated heterocycles. The molecular weight excluding hydrogens is 463 g/mol. The smallest absolute Gasteiger partial charge is 0.191 e. The molecule has 1 rings (SSSR count). The quantitative estimate of drug-likeness (QED) is 0.269. The highest BCUT2D eigenvalue weighted by Crippen LogP contribution is 2.14. The second-order valence-corrected chi connectivity index (χ2v) is 8.72. The van der Waals surface area contributed by atoms with E-state index < -0.39 is 0 Å². The molecule has 6 nitrogen and oxygen atoms in total. The molecule has 1 unspecified atom stereocenters. The normalized spacial score (nSPS) is 18.1. The van der Waals surface area contributed by atoms with E-state index in [-0.39, 0.29) is 24.0 Å². The first kappa shape index (κ1) is 27.9. The maximum Gasteiger partial charge on any atom is 0.191 e. The number of rotatable bonds is 10. The monoisotopic (exact) mass is 510 g/mol. The summed E-state index contributed by atoms with van der Waals surface area (Å²) >= 11 is 0. The number of hydrogen-bond acceptors (Lipinski definition) is 4. The molecule has 168 valence electrons. The summed E-state index contributed by atoms with van der Waals surface area (Å²) in [6.45, 7) is 24.2. The molecule has 0 aromatic heterocycles. The highest BCUT2D eigenvalue weighted by Gasteiger charge is 2.24. The lowest BCUT2D eigenvalue weighted by Gasteiger charge is -2.39. The van der Waals surface area contributed by atoms with Crippen LogP contribution in [0.4, 0.5) is 0 Å². The fourth-order valence-corrected chi connectivity index (χ4v) is 3.84. The predicted molar refractivity (Wildman–Crippen MR) is 134 cm³/mol. The average molecular weight is 511 g/mol. The number of aliphatic imine (C=N–C) groups is 1. The van der Waals surface area contributed by atoms with Crippen molar-refractivity contribution in [2.75, 3.05) is 59.4 Å². The molecule has 1 aliphatic heterocycles. The van der Waals surface area contributed by atoms with E-state index in [1.54, 1.807) is 0 Å². The lowest BCUT2D eigenvalue weighted by atomic mass is 10.0. The maximum atomic E-state index is 4.94. The van der Waals surface area contributed by atoms with Gasteiger partial charge in [0.2, 0.25) is 0 Å². The van der Waals surface area contributed by atoms with Gasteiger partial charge in [-0.05, 0) is 47.6 Å². The van der Waals surface area contributed by atoms with Crippen molar-refractivity contribution in [1.29, 1.82) is 0 Å². The number of hydrogen-bond donors (Lipinski definition) is 2. The number of guanidine groups is 1. The summed E-state index contributed by atoms with van der Waals surface area (Å²) in [6, 6.07) is 1.64. The number of likely N-dealkylation sites (N-methyl/N-ethyl adjacent to an activating group) is 1. The highest BCUT2D eigenvalue weighted by atomic mass is 127. The summed E-state index contributed by atoms with van der Waals surface area (Å²) in [5.74, 6) is 1.56. The largest absolute Gasteiger partial charge is 0.357 e. The SMILES string of the molecule is CCNC(=NCC(C(C)C)N1CCN(C)CC1)NCCN(C(C)C)C(C)C.I. The van der Waals surface area contributed by atoms with Crippen molar-refractivity contribution in [2.24, 2.45) is 10.9 Å². The summed E-state index contributed by atoms with van der Waals surface area (Å²) in [4.78, 5) is 12.5. The Morgan fingerprint density at radius 1 is 0.964 bits per heavy atom. The molecule has 0 amide bonds. The summed E-state index contributed by atoms with van der Waals surface area (Å²) in [5, 5.41) is 6.95. The van der Waals surface area contributed by atoms with Crippen LogP contribution in [0.25, 0.3) is 0 Å². The van der Waals surface area contributed by atoms with Crippen LogP contribution in [0.5, 0.6) is 0 Å². The molecule has 1 aliphatic rings. The Kier molecular flexibility index (Phi) is 14.7. The van der Waals surface area contributed by atoms with E-state index in [4.69, 9.17) is 4.99 Å². The van der Waals surface area contributed by atoms with Crippen LogP contribution in [0.1, 0.15) is 48.5 Å². The van der Waals surface area contributed by atoms with Gasteiger partial charge in [-0.3, -0.25) is 14.8 Å². The molecule has 1 atom stereocenters. The first-order valence-corrected chi connectivity index (χ1v) is 11.0. The van der Waals surface area contributed by atoms with Crippen molar-refractivity contribution in [2.45, 2.75) is 66.6 Å². The topological polar surface area (TPSA) is 46.1 Å². The zero-order chi connectivity index (χ0) is 20.4. The molecule has 0 aromatic carbocycles. The van der Waals surface area contributed by atoms with Gasteiger partial charge >= 0.3 is 0 Å². The summed E-state index contributed by atoms with van der Waals surface area (Å²) < 4.78 is 0.